The van der Waals surface area contributed by atoms with Crippen molar-refractivity contribution in [2.24, 2.45) is 17.3 Å². The highest BCUT2D eigenvalue weighted by atomic mass is 16.5. The third kappa shape index (κ3) is 19.4. The number of likely N-dealkylation sites (N-methyl/N-ethyl adjacent to an activating group) is 3. The summed E-state index contributed by atoms with van der Waals surface area (Å²) in [6.45, 7) is 14.2. The SMILES string of the molecule is COc1ccc(CC[C@H]2OC(=O)[C@@H]3CCCCN3C(=O)C(=O)C(C)(C)COC(=O)/C=C\CCN(C)C(=O)[C@H](C(C)C)NC(=O)[C@H](COC(C)(C)C)N(C)C(=O)[C@@H](CC(C)C)NC(=O)CN(C)C(=O)COc3cccc2c3)cc1OC. The molecule has 5 atom stereocenters. The number of ether oxygens (including phenoxy) is 6. The number of carbonyl (C=O) groups is 9. The number of ketones is 1. The number of rotatable bonds is 10. The van der Waals surface area contributed by atoms with Gasteiger partial charge in [0.15, 0.2) is 18.1 Å². The van der Waals surface area contributed by atoms with Crippen molar-refractivity contribution >= 4 is 53.2 Å². The van der Waals surface area contributed by atoms with E-state index in [0.29, 0.717) is 36.3 Å². The molecule has 0 aliphatic carbocycles. The number of aryl methyl sites for hydroxylation is 1. The van der Waals surface area contributed by atoms with E-state index in [1.54, 1.807) is 72.0 Å². The molecule has 21 nitrogen and oxygen atoms in total. The van der Waals surface area contributed by atoms with Crippen LogP contribution in [0.5, 0.6) is 17.2 Å². The Kier molecular flexibility index (Phi) is 24.5. The fourth-order valence-electron chi connectivity index (χ4n) is 9.00. The molecule has 2 heterocycles. The van der Waals surface area contributed by atoms with Crippen LogP contribution in [-0.2, 0) is 63.8 Å². The lowest BCUT2D eigenvalue weighted by molar-refractivity contribution is -0.165. The predicted octanol–water partition coefficient (Wildman–Crippen LogP) is 5.01. The molecule has 2 aromatic carbocycles. The van der Waals surface area contributed by atoms with Gasteiger partial charge in [-0.1, -0.05) is 52.0 Å². The van der Waals surface area contributed by atoms with Crippen molar-refractivity contribution < 1.29 is 71.6 Å². The minimum absolute atomic E-state index is 0.0952. The standard InChI is InChI=1S/C59H86N6O15/c1-37(2)30-42-54(71)64(12)44(34-79-58(5,6)7)53(70)61-51(38(3)4)55(72)62(10)28-17-16-23-50(68)78-36-59(8,9)52(69)56(73)65-29-18-15-22-43(65)57(74)80-45(26-24-39-25-27-46(75-13)47(31-39)76-14)40-20-19-21-41(32-40)77-35-49(67)63(11)33-48(66)60-42/h16,19-21,23,25,27,31-32,37-38,42-45,51H,15,17-18,22,24,26,28-30,33-36H2,1-14H3,(H,60,66)(H,61,70)/b23-16-/t42-,43+,44+,45-,51+/m1/s1. The first-order chi connectivity index (χ1) is 37.6. The van der Waals surface area contributed by atoms with Crippen molar-refractivity contribution in [3.05, 3.63) is 65.7 Å². The molecule has 0 radical (unpaired) electrons. The van der Waals surface area contributed by atoms with Crippen LogP contribution in [0.15, 0.2) is 54.6 Å². The number of amides is 6. The van der Waals surface area contributed by atoms with Gasteiger partial charge < -0.3 is 58.7 Å². The highest BCUT2D eigenvalue weighted by Gasteiger charge is 2.43. The van der Waals surface area contributed by atoms with Crippen molar-refractivity contribution in [1.82, 2.24) is 30.2 Å². The molecule has 80 heavy (non-hydrogen) atoms. The first-order valence-electron chi connectivity index (χ1n) is 27.4. The van der Waals surface area contributed by atoms with Crippen LogP contribution >= 0.6 is 0 Å². The van der Waals surface area contributed by atoms with E-state index >= 15 is 0 Å². The number of benzene rings is 2. The summed E-state index contributed by atoms with van der Waals surface area (Å²) in [7, 11) is 7.45. The van der Waals surface area contributed by atoms with Gasteiger partial charge in [-0.05, 0) is 127 Å². The molecular formula is C59H86N6O15. The van der Waals surface area contributed by atoms with Gasteiger partial charge in [0.05, 0.1) is 38.4 Å². The molecule has 442 valence electrons. The molecule has 0 spiro atoms. The Hall–Kier alpha value is -7.03. The van der Waals surface area contributed by atoms with E-state index in [1.807, 2.05) is 26.0 Å². The zero-order valence-corrected chi connectivity index (χ0v) is 49.3. The van der Waals surface area contributed by atoms with Crippen molar-refractivity contribution in [3.8, 4) is 17.2 Å². The minimum atomic E-state index is -1.49. The van der Waals surface area contributed by atoms with Gasteiger partial charge in [0.1, 0.15) is 42.6 Å². The lowest BCUT2D eigenvalue weighted by atomic mass is 9.87. The fourth-order valence-corrected chi connectivity index (χ4v) is 9.00. The number of nitrogens with one attached hydrogen (secondary N) is 2. The summed E-state index contributed by atoms with van der Waals surface area (Å²) >= 11 is 0. The summed E-state index contributed by atoms with van der Waals surface area (Å²) in [5, 5.41) is 5.61. The second-order valence-corrected chi connectivity index (χ2v) is 22.9. The van der Waals surface area contributed by atoms with E-state index < -0.39 is 120 Å². The van der Waals surface area contributed by atoms with E-state index in [1.165, 1.54) is 62.9 Å². The smallest absolute Gasteiger partial charge is 0.330 e. The maximum absolute atomic E-state index is 14.4. The maximum Gasteiger partial charge on any atom is 0.330 e. The number of carbonyl (C=O) groups excluding carboxylic acids is 9. The molecule has 1 saturated heterocycles. The van der Waals surface area contributed by atoms with Gasteiger partial charge in [0, 0.05) is 40.3 Å². The zero-order valence-electron chi connectivity index (χ0n) is 49.3. The minimum Gasteiger partial charge on any atom is -0.493 e. The quantitative estimate of drug-likeness (QED) is 0.235. The average molecular weight is 1120 g/mol. The second kappa shape index (κ2) is 30.0. The number of hydrogen-bond donors (Lipinski definition) is 2. The maximum atomic E-state index is 14.4. The van der Waals surface area contributed by atoms with E-state index in [-0.39, 0.29) is 57.0 Å². The Labute approximate surface area is 471 Å². The number of hydrogen-bond acceptors (Lipinski definition) is 15. The number of esters is 2. The van der Waals surface area contributed by atoms with Gasteiger partial charge in [-0.25, -0.2) is 9.59 Å². The van der Waals surface area contributed by atoms with Crippen LogP contribution in [0.1, 0.15) is 118 Å². The number of piperidine rings is 1. The van der Waals surface area contributed by atoms with Crippen LogP contribution in [0.25, 0.3) is 0 Å². The first kappa shape index (κ1) is 65.5. The lowest BCUT2D eigenvalue weighted by Crippen LogP contribution is -2.60. The Bertz CT molecular complexity index is 2540. The molecule has 2 N–H and O–H groups in total. The summed E-state index contributed by atoms with van der Waals surface area (Å²) < 4.78 is 34.7. The molecule has 0 aromatic heterocycles. The average Bonchev–Trinajstić information content (AvgIpc) is 3.41. The van der Waals surface area contributed by atoms with E-state index in [0.717, 1.165) is 16.5 Å². The number of nitrogens with zero attached hydrogens (tertiary/aromatic N) is 4. The molecule has 2 aliphatic rings. The molecule has 6 amide bonds. The van der Waals surface area contributed by atoms with E-state index in [9.17, 15) is 43.2 Å². The van der Waals surface area contributed by atoms with Crippen molar-refractivity contribution in [3.63, 3.8) is 0 Å². The van der Waals surface area contributed by atoms with E-state index in [4.69, 9.17) is 28.4 Å². The second-order valence-electron chi connectivity index (χ2n) is 22.9. The summed E-state index contributed by atoms with van der Waals surface area (Å²) in [4.78, 5) is 130. The lowest BCUT2D eigenvalue weighted by Gasteiger charge is -2.36. The molecular weight excluding hydrogens is 1030 g/mol. The van der Waals surface area contributed by atoms with Crippen molar-refractivity contribution in [1.29, 1.82) is 0 Å². The summed E-state index contributed by atoms with van der Waals surface area (Å²) in [5.41, 5.74) is -0.878. The Balaban J connectivity index is 1.70. The summed E-state index contributed by atoms with van der Waals surface area (Å²) in [5.74, 6) is -5.45. The Morgan fingerprint density at radius 2 is 1.51 bits per heavy atom. The van der Waals surface area contributed by atoms with Gasteiger partial charge in [-0.15, -0.1) is 0 Å². The van der Waals surface area contributed by atoms with E-state index in [2.05, 4.69) is 10.6 Å². The van der Waals surface area contributed by atoms with Crippen LogP contribution < -0.4 is 24.8 Å². The highest BCUT2D eigenvalue weighted by Crippen LogP contribution is 2.33. The van der Waals surface area contributed by atoms with Crippen LogP contribution in [0.3, 0.4) is 0 Å². The van der Waals surface area contributed by atoms with Gasteiger partial charge in [0.2, 0.25) is 29.4 Å². The highest BCUT2D eigenvalue weighted by molar-refractivity contribution is 6.38. The number of Topliss-reactive ketones (excluding diaryl/α,β-unsaturated/α-hetero) is 1. The molecule has 2 aliphatic heterocycles. The largest absolute Gasteiger partial charge is 0.493 e. The van der Waals surface area contributed by atoms with Crippen LogP contribution in [-0.4, -0.2) is 177 Å². The van der Waals surface area contributed by atoms with Gasteiger partial charge >= 0.3 is 11.9 Å². The van der Waals surface area contributed by atoms with Gasteiger partial charge in [0.25, 0.3) is 11.8 Å². The number of methoxy groups -OCH3 is 2. The molecule has 0 unspecified atom stereocenters. The first-order valence-corrected chi connectivity index (χ1v) is 27.4. The van der Waals surface area contributed by atoms with Crippen LogP contribution in [0.2, 0.25) is 0 Å². The monoisotopic (exact) mass is 1120 g/mol. The van der Waals surface area contributed by atoms with Gasteiger partial charge in [-0.2, -0.15) is 0 Å². The zero-order chi connectivity index (χ0) is 59.6. The molecule has 4 rings (SSSR count). The number of cyclic esters (lactones) is 2. The molecule has 1 fully saturated rings. The van der Waals surface area contributed by atoms with Crippen molar-refractivity contribution in [2.75, 3.05) is 74.8 Å². The third-order valence-electron chi connectivity index (χ3n) is 13.8. The van der Waals surface area contributed by atoms with Crippen LogP contribution in [0.4, 0.5) is 0 Å². The Morgan fingerprint density at radius 1 is 0.812 bits per heavy atom. The summed E-state index contributed by atoms with van der Waals surface area (Å²) in [6.07, 6.45) is 4.09. The normalized spacial score (nSPS) is 23.1. The third-order valence-corrected chi connectivity index (χ3v) is 13.8. The summed E-state index contributed by atoms with van der Waals surface area (Å²) in [6, 6.07) is 7.57. The number of fused-ring (bicyclic) bond motifs is 3. The van der Waals surface area contributed by atoms with Crippen LogP contribution in [0, 0.1) is 17.3 Å². The predicted molar refractivity (Wildman–Crippen MR) is 297 cm³/mol. The topological polar surface area (TPSA) is 246 Å². The Morgan fingerprint density at radius 3 is 2.16 bits per heavy atom. The fraction of sp³-hybridized carbons (Fsp3) is 0.610. The molecule has 0 saturated carbocycles. The molecule has 21 heteroatoms. The molecule has 2 bridgehead atoms. The molecule has 2 aromatic rings. The van der Waals surface area contributed by atoms with Gasteiger partial charge in [-0.3, -0.25) is 33.6 Å². The van der Waals surface area contributed by atoms with Crippen molar-refractivity contribution in [2.45, 2.75) is 143 Å².